The molecule has 0 bridgehead atoms. The molecule has 0 radical (unpaired) electrons. The number of hydrogen-bond donors (Lipinski definition) is 0. The van der Waals surface area contributed by atoms with E-state index in [2.05, 4.69) is 50.3 Å². The van der Waals surface area contributed by atoms with Crippen molar-refractivity contribution in [2.24, 2.45) is 5.10 Å². The largest absolute Gasteiger partial charge is 0.493 e. The Balaban J connectivity index is 1.53. The van der Waals surface area contributed by atoms with E-state index in [1.54, 1.807) is 19.4 Å². The van der Waals surface area contributed by atoms with Gasteiger partial charge in [0, 0.05) is 16.5 Å². The molecule has 1 heterocycles. The normalized spacial score (nSPS) is 11.4. The molecule has 0 spiro atoms. The number of ether oxygens (including phenoxy) is 2. The van der Waals surface area contributed by atoms with Gasteiger partial charge in [-0.25, -0.2) is 4.98 Å². The highest BCUT2D eigenvalue weighted by atomic mass is 79.9. The topological polar surface area (TPSA) is 65.7 Å². The lowest BCUT2D eigenvalue weighted by molar-refractivity contribution is 0.285. The molecule has 4 aromatic carbocycles. The van der Waals surface area contributed by atoms with Gasteiger partial charge in [-0.3, -0.25) is 4.79 Å². The standard InChI is InChI=1S/C29H24BrN3O3/c1-3-27-32-25-15-14-22(30)16-24(25)29(34)33(27)31-17-20-10-7-13-26(35-2)28(20)36-18-21-11-6-9-19-8-4-5-12-23(19)21/h4-17H,3,18H2,1-2H3. The maximum absolute atomic E-state index is 13.3. The van der Waals surface area contributed by atoms with Gasteiger partial charge in [-0.15, -0.1) is 0 Å². The van der Waals surface area contributed by atoms with E-state index in [0.29, 0.717) is 46.8 Å². The van der Waals surface area contributed by atoms with Crippen molar-refractivity contribution in [2.45, 2.75) is 20.0 Å². The van der Waals surface area contributed by atoms with E-state index in [9.17, 15) is 4.79 Å². The van der Waals surface area contributed by atoms with Gasteiger partial charge in [0.2, 0.25) is 0 Å². The van der Waals surface area contributed by atoms with Gasteiger partial charge in [-0.2, -0.15) is 9.78 Å². The average molecular weight is 542 g/mol. The maximum atomic E-state index is 13.3. The Bertz CT molecular complexity index is 1650. The molecule has 6 nitrogen and oxygen atoms in total. The van der Waals surface area contributed by atoms with Gasteiger partial charge < -0.3 is 9.47 Å². The quantitative estimate of drug-likeness (QED) is 0.225. The van der Waals surface area contributed by atoms with Crippen LogP contribution >= 0.6 is 15.9 Å². The molecule has 180 valence electrons. The Labute approximate surface area is 217 Å². The highest BCUT2D eigenvalue weighted by Gasteiger charge is 2.13. The minimum Gasteiger partial charge on any atom is -0.493 e. The molecule has 0 fully saturated rings. The molecule has 5 rings (SSSR count). The van der Waals surface area contributed by atoms with Crippen molar-refractivity contribution < 1.29 is 9.47 Å². The molecule has 0 atom stereocenters. The summed E-state index contributed by atoms with van der Waals surface area (Å²) in [4.78, 5) is 17.9. The van der Waals surface area contributed by atoms with Gasteiger partial charge >= 0.3 is 0 Å². The average Bonchev–Trinajstić information content (AvgIpc) is 2.91. The van der Waals surface area contributed by atoms with Crippen LogP contribution in [0.25, 0.3) is 21.7 Å². The third kappa shape index (κ3) is 4.62. The maximum Gasteiger partial charge on any atom is 0.282 e. The van der Waals surface area contributed by atoms with E-state index in [0.717, 1.165) is 20.8 Å². The van der Waals surface area contributed by atoms with Gasteiger partial charge in [0.25, 0.3) is 5.56 Å². The summed E-state index contributed by atoms with van der Waals surface area (Å²) in [7, 11) is 1.60. The van der Waals surface area contributed by atoms with Crippen LogP contribution < -0.4 is 15.0 Å². The first-order chi connectivity index (χ1) is 17.6. The van der Waals surface area contributed by atoms with Gasteiger partial charge in [-0.05, 0) is 46.7 Å². The summed E-state index contributed by atoms with van der Waals surface area (Å²) in [5, 5.41) is 7.32. The summed E-state index contributed by atoms with van der Waals surface area (Å²) in [6, 6.07) is 25.4. The number of halogens is 1. The number of fused-ring (bicyclic) bond motifs is 2. The third-order valence-electron chi connectivity index (χ3n) is 5.99. The Hall–Kier alpha value is -3.97. The highest BCUT2D eigenvalue weighted by Crippen LogP contribution is 2.31. The molecule has 0 amide bonds. The van der Waals surface area contributed by atoms with Crippen LogP contribution in [0.3, 0.4) is 0 Å². The van der Waals surface area contributed by atoms with E-state index in [1.165, 1.54) is 4.68 Å². The molecule has 36 heavy (non-hydrogen) atoms. The summed E-state index contributed by atoms with van der Waals surface area (Å²) in [5.41, 5.74) is 2.18. The minimum absolute atomic E-state index is 0.226. The number of aromatic nitrogens is 2. The molecule has 5 aromatic rings. The summed E-state index contributed by atoms with van der Waals surface area (Å²) in [5.74, 6) is 1.72. The SMILES string of the molecule is CCc1nc2ccc(Br)cc2c(=O)n1N=Cc1cccc(OC)c1OCc1cccc2ccccc12. The lowest BCUT2D eigenvalue weighted by Gasteiger charge is -2.14. The first-order valence-corrected chi connectivity index (χ1v) is 12.4. The molecule has 1 aromatic heterocycles. The number of nitrogens with zero attached hydrogens (tertiary/aromatic N) is 3. The summed E-state index contributed by atoms with van der Waals surface area (Å²) < 4.78 is 14.0. The van der Waals surface area contributed by atoms with Crippen molar-refractivity contribution in [2.75, 3.05) is 7.11 Å². The van der Waals surface area contributed by atoms with Crippen LogP contribution in [-0.2, 0) is 13.0 Å². The number of para-hydroxylation sites is 1. The second-order valence-corrected chi connectivity index (χ2v) is 9.13. The van der Waals surface area contributed by atoms with Crippen molar-refractivity contribution in [1.82, 2.24) is 9.66 Å². The Kier molecular flexibility index (Phi) is 6.82. The lowest BCUT2D eigenvalue weighted by atomic mass is 10.1. The van der Waals surface area contributed by atoms with E-state index in [4.69, 9.17) is 9.47 Å². The molecular formula is C29H24BrN3O3. The van der Waals surface area contributed by atoms with Crippen LogP contribution in [0.2, 0.25) is 0 Å². The number of methoxy groups -OCH3 is 1. The smallest absolute Gasteiger partial charge is 0.282 e. The summed E-state index contributed by atoms with van der Waals surface area (Å²) in [6.07, 6.45) is 2.17. The number of hydrogen-bond acceptors (Lipinski definition) is 5. The van der Waals surface area contributed by atoms with Crippen molar-refractivity contribution in [3.63, 3.8) is 0 Å². The fourth-order valence-electron chi connectivity index (χ4n) is 4.18. The van der Waals surface area contributed by atoms with Crippen LogP contribution in [0.15, 0.2) is 93.2 Å². The Morgan fingerprint density at radius 3 is 2.64 bits per heavy atom. The number of aryl methyl sites for hydroxylation is 1. The molecule has 0 aliphatic carbocycles. The zero-order chi connectivity index (χ0) is 25.1. The first-order valence-electron chi connectivity index (χ1n) is 11.6. The van der Waals surface area contributed by atoms with Crippen molar-refractivity contribution in [3.8, 4) is 11.5 Å². The predicted octanol–water partition coefficient (Wildman–Crippen LogP) is 6.34. The fraction of sp³-hybridized carbons (Fsp3) is 0.138. The van der Waals surface area contributed by atoms with Gasteiger partial charge in [-0.1, -0.05) is 71.4 Å². The van der Waals surface area contributed by atoms with Crippen molar-refractivity contribution in [1.29, 1.82) is 0 Å². The number of benzene rings is 4. The Morgan fingerprint density at radius 1 is 1.00 bits per heavy atom. The van der Waals surface area contributed by atoms with E-state index in [1.807, 2.05) is 55.5 Å². The zero-order valence-electron chi connectivity index (χ0n) is 19.9. The molecule has 0 unspecified atom stereocenters. The molecule has 0 saturated carbocycles. The third-order valence-corrected chi connectivity index (χ3v) is 6.48. The van der Waals surface area contributed by atoms with Gasteiger partial charge in [0.15, 0.2) is 11.5 Å². The van der Waals surface area contributed by atoms with Crippen LogP contribution in [0, 0.1) is 0 Å². The summed E-state index contributed by atoms with van der Waals surface area (Å²) in [6.45, 7) is 2.30. The fourth-order valence-corrected chi connectivity index (χ4v) is 4.54. The molecule has 0 aliphatic rings. The predicted molar refractivity (Wildman–Crippen MR) is 147 cm³/mol. The second-order valence-electron chi connectivity index (χ2n) is 8.21. The molecule has 7 heteroatoms. The van der Waals surface area contributed by atoms with Gasteiger partial charge in [0.1, 0.15) is 12.4 Å². The molecular weight excluding hydrogens is 518 g/mol. The van der Waals surface area contributed by atoms with Crippen molar-refractivity contribution in [3.05, 3.63) is 111 Å². The van der Waals surface area contributed by atoms with Crippen LogP contribution in [0.4, 0.5) is 0 Å². The monoisotopic (exact) mass is 541 g/mol. The van der Waals surface area contributed by atoms with Gasteiger partial charge in [0.05, 0.1) is 24.2 Å². The molecule has 0 saturated heterocycles. The lowest BCUT2D eigenvalue weighted by Crippen LogP contribution is -2.22. The van der Waals surface area contributed by atoms with Crippen molar-refractivity contribution >= 4 is 43.8 Å². The second kappa shape index (κ2) is 10.3. The minimum atomic E-state index is -0.226. The molecule has 0 N–H and O–H groups in total. The van der Waals surface area contributed by atoms with Crippen LogP contribution in [-0.4, -0.2) is 23.0 Å². The van der Waals surface area contributed by atoms with E-state index >= 15 is 0 Å². The first kappa shape index (κ1) is 23.8. The summed E-state index contributed by atoms with van der Waals surface area (Å²) >= 11 is 3.43. The zero-order valence-corrected chi connectivity index (χ0v) is 21.5. The van der Waals surface area contributed by atoms with Crippen LogP contribution in [0.1, 0.15) is 23.9 Å². The highest BCUT2D eigenvalue weighted by molar-refractivity contribution is 9.10. The van der Waals surface area contributed by atoms with E-state index < -0.39 is 0 Å². The Morgan fingerprint density at radius 2 is 1.81 bits per heavy atom. The van der Waals surface area contributed by atoms with Crippen LogP contribution in [0.5, 0.6) is 11.5 Å². The van der Waals surface area contributed by atoms with E-state index in [-0.39, 0.29) is 5.56 Å². The molecule has 0 aliphatic heterocycles. The number of rotatable bonds is 7.